The van der Waals surface area contributed by atoms with Crippen molar-refractivity contribution in [3.8, 4) is 23.0 Å². The Morgan fingerprint density at radius 1 is 0.743 bits per heavy atom. The maximum Gasteiger partial charge on any atom is 0.345 e. The van der Waals surface area contributed by atoms with E-state index >= 15 is 0 Å². The number of rotatable bonds is 4. The zero-order valence-electron chi connectivity index (χ0n) is 19.2. The lowest BCUT2D eigenvalue weighted by Gasteiger charge is -2.37. The van der Waals surface area contributed by atoms with Gasteiger partial charge in [0.15, 0.2) is 5.60 Å². The summed E-state index contributed by atoms with van der Waals surface area (Å²) in [7, 11) is 3.27. The van der Waals surface area contributed by atoms with Gasteiger partial charge in [0.05, 0.1) is 14.2 Å². The number of hydrogen-bond acceptors (Lipinski definition) is 6. The minimum absolute atomic E-state index is 0.110. The molecule has 35 heavy (non-hydrogen) atoms. The van der Waals surface area contributed by atoms with E-state index in [0.717, 1.165) is 33.4 Å². The molecule has 0 unspecified atom stereocenters. The molecule has 6 rings (SSSR count). The maximum atomic E-state index is 12.8. The van der Waals surface area contributed by atoms with E-state index in [-0.39, 0.29) is 6.79 Å². The summed E-state index contributed by atoms with van der Waals surface area (Å²) in [5, 5.41) is 1.65. The van der Waals surface area contributed by atoms with E-state index in [9.17, 15) is 4.79 Å². The topological polar surface area (TPSA) is 63.2 Å². The molecular weight excluding hydrogens is 444 g/mol. The molecule has 6 nitrogen and oxygen atoms in total. The van der Waals surface area contributed by atoms with Gasteiger partial charge in [0, 0.05) is 27.5 Å². The normalized spacial score (nSPS) is 15.3. The highest BCUT2D eigenvalue weighted by molar-refractivity contribution is 6.09. The first-order chi connectivity index (χ1) is 17.1. The molecule has 0 saturated carbocycles. The third-order valence-corrected chi connectivity index (χ3v) is 6.54. The molecule has 6 heteroatoms. The van der Waals surface area contributed by atoms with Gasteiger partial charge in [-0.1, -0.05) is 48.5 Å². The third-order valence-electron chi connectivity index (χ3n) is 6.54. The smallest absolute Gasteiger partial charge is 0.345 e. The fourth-order valence-electron chi connectivity index (χ4n) is 4.78. The summed E-state index contributed by atoms with van der Waals surface area (Å²) in [6, 6.07) is 23.3. The van der Waals surface area contributed by atoms with E-state index in [1.54, 1.807) is 14.2 Å². The van der Waals surface area contributed by atoms with Crippen molar-refractivity contribution in [1.82, 2.24) is 0 Å². The maximum absolute atomic E-state index is 12.8. The molecular formula is C29H22O6. The zero-order chi connectivity index (χ0) is 24.0. The minimum atomic E-state index is -0.956. The number of ether oxygens (including phenoxy) is 5. The van der Waals surface area contributed by atoms with Gasteiger partial charge >= 0.3 is 5.97 Å². The number of carbonyl (C=O) groups excluding carboxylic acids is 1. The number of hydrogen-bond donors (Lipinski definition) is 0. The van der Waals surface area contributed by atoms with Crippen LogP contribution in [0.15, 0.2) is 78.9 Å². The van der Waals surface area contributed by atoms with E-state index in [1.807, 2.05) is 84.9 Å². The van der Waals surface area contributed by atoms with Crippen LogP contribution in [-0.4, -0.2) is 27.0 Å². The fraction of sp³-hybridized carbons (Fsp3) is 0.138. The highest BCUT2D eigenvalue weighted by Crippen LogP contribution is 2.50. The van der Waals surface area contributed by atoms with Gasteiger partial charge in [-0.05, 0) is 36.4 Å². The highest BCUT2D eigenvalue weighted by Gasteiger charge is 2.40. The summed E-state index contributed by atoms with van der Waals surface area (Å²) in [6.07, 6.45) is 3.89. The predicted octanol–water partition coefficient (Wildman–Crippen LogP) is 5.71. The van der Waals surface area contributed by atoms with Crippen LogP contribution in [0.1, 0.15) is 27.0 Å². The Morgan fingerprint density at radius 3 is 1.89 bits per heavy atom. The van der Waals surface area contributed by atoms with Crippen molar-refractivity contribution in [3.63, 3.8) is 0 Å². The monoisotopic (exact) mass is 466 g/mol. The largest absolute Gasteiger partial charge is 0.497 e. The molecule has 2 aliphatic heterocycles. The molecule has 0 spiro atoms. The summed E-state index contributed by atoms with van der Waals surface area (Å²) >= 11 is 0. The van der Waals surface area contributed by atoms with Gasteiger partial charge in [-0.2, -0.15) is 0 Å². The molecule has 0 bridgehead atoms. The average Bonchev–Trinajstić information content (AvgIpc) is 2.93. The van der Waals surface area contributed by atoms with Crippen molar-refractivity contribution in [3.05, 3.63) is 101 Å². The van der Waals surface area contributed by atoms with Crippen LogP contribution in [0.5, 0.6) is 23.0 Å². The zero-order valence-corrected chi connectivity index (χ0v) is 19.2. The van der Waals surface area contributed by atoms with Gasteiger partial charge in [0.1, 0.15) is 28.6 Å². The molecule has 0 saturated heterocycles. The second kappa shape index (κ2) is 8.09. The SMILES string of the molecule is COc1ccc(C2(c3ccc(OC)cc3)C=Cc3c4c(c5ccccc5c3O2)OCOC4=O)cc1. The molecule has 4 aromatic rings. The predicted molar refractivity (Wildman–Crippen MR) is 131 cm³/mol. The second-order valence-corrected chi connectivity index (χ2v) is 8.31. The summed E-state index contributed by atoms with van der Waals surface area (Å²) in [5.74, 6) is 2.18. The molecule has 4 aromatic carbocycles. The number of fused-ring (bicyclic) bond motifs is 6. The molecule has 0 fully saturated rings. The summed E-state index contributed by atoms with van der Waals surface area (Å²) < 4.78 is 28.7. The lowest BCUT2D eigenvalue weighted by Crippen LogP contribution is -2.35. The van der Waals surface area contributed by atoms with Crippen LogP contribution in [0, 0.1) is 0 Å². The van der Waals surface area contributed by atoms with Gasteiger partial charge in [0.2, 0.25) is 6.79 Å². The molecule has 0 amide bonds. The molecule has 0 aromatic heterocycles. The van der Waals surface area contributed by atoms with Gasteiger partial charge in [-0.25, -0.2) is 4.79 Å². The van der Waals surface area contributed by atoms with Crippen LogP contribution >= 0.6 is 0 Å². The summed E-state index contributed by atoms with van der Waals surface area (Å²) in [4.78, 5) is 12.8. The number of benzene rings is 4. The molecule has 174 valence electrons. The van der Waals surface area contributed by atoms with Crippen molar-refractivity contribution >= 4 is 22.8 Å². The number of methoxy groups -OCH3 is 2. The molecule has 0 N–H and O–H groups in total. The molecule has 2 aliphatic rings. The number of cyclic esters (lactones) is 1. The Morgan fingerprint density at radius 2 is 1.31 bits per heavy atom. The first-order valence-electron chi connectivity index (χ1n) is 11.2. The van der Waals surface area contributed by atoms with Crippen LogP contribution in [0.2, 0.25) is 0 Å². The lowest BCUT2D eigenvalue weighted by atomic mass is 9.82. The minimum Gasteiger partial charge on any atom is -0.497 e. The molecule has 2 heterocycles. The van der Waals surface area contributed by atoms with Gasteiger partial charge in [0.25, 0.3) is 0 Å². The van der Waals surface area contributed by atoms with E-state index in [0.29, 0.717) is 22.6 Å². The molecule has 0 radical (unpaired) electrons. The standard InChI is InChI=1S/C29H22O6/c1-31-20-11-7-18(8-12-20)29(19-9-13-21(32-2)14-10-19)16-15-24-25-27(33-17-34-28(25)30)23-6-4-3-5-22(23)26(24)35-29/h3-16H,17H2,1-2H3. The van der Waals surface area contributed by atoms with E-state index < -0.39 is 11.6 Å². The molecule has 0 atom stereocenters. The first kappa shape index (κ1) is 21.1. The van der Waals surface area contributed by atoms with Crippen LogP contribution < -0.4 is 18.9 Å². The fourth-order valence-corrected chi connectivity index (χ4v) is 4.78. The lowest BCUT2D eigenvalue weighted by molar-refractivity contribution is 0.00531. The van der Waals surface area contributed by atoms with Crippen molar-refractivity contribution in [1.29, 1.82) is 0 Å². The number of carbonyl (C=O) groups is 1. The number of esters is 1. The van der Waals surface area contributed by atoms with Gasteiger partial charge in [-0.3, -0.25) is 0 Å². The summed E-state index contributed by atoms with van der Waals surface area (Å²) in [6.45, 7) is -0.110. The Kier molecular flexibility index (Phi) is 4.88. The van der Waals surface area contributed by atoms with Crippen LogP contribution in [0.25, 0.3) is 16.8 Å². The molecule has 0 aliphatic carbocycles. The summed E-state index contributed by atoms with van der Waals surface area (Å²) in [5.41, 5.74) is 1.87. The van der Waals surface area contributed by atoms with Gasteiger partial charge in [-0.15, -0.1) is 0 Å². The Balaban J connectivity index is 1.62. The quantitative estimate of drug-likeness (QED) is 0.359. The van der Waals surface area contributed by atoms with Gasteiger partial charge < -0.3 is 23.7 Å². The van der Waals surface area contributed by atoms with E-state index in [4.69, 9.17) is 23.7 Å². The van der Waals surface area contributed by atoms with Crippen LogP contribution in [0.4, 0.5) is 0 Å². The van der Waals surface area contributed by atoms with E-state index in [2.05, 4.69) is 0 Å². The van der Waals surface area contributed by atoms with E-state index in [1.165, 1.54) is 0 Å². The Hall–Kier alpha value is -4.45. The van der Waals surface area contributed by atoms with Crippen LogP contribution in [-0.2, 0) is 10.3 Å². The van der Waals surface area contributed by atoms with Crippen molar-refractivity contribution in [2.75, 3.05) is 21.0 Å². The third kappa shape index (κ3) is 3.21. The second-order valence-electron chi connectivity index (χ2n) is 8.31. The van der Waals surface area contributed by atoms with Crippen molar-refractivity contribution in [2.45, 2.75) is 5.60 Å². The van der Waals surface area contributed by atoms with Crippen molar-refractivity contribution < 1.29 is 28.5 Å². The Labute approximate surface area is 202 Å². The highest BCUT2D eigenvalue weighted by atomic mass is 16.7. The average molecular weight is 466 g/mol. The van der Waals surface area contributed by atoms with Crippen LogP contribution in [0.3, 0.4) is 0 Å². The Bertz CT molecular complexity index is 1420. The first-order valence-corrected chi connectivity index (χ1v) is 11.2. The van der Waals surface area contributed by atoms with Crippen molar-refractivity contribution in [2.24, 2.45) is 0 Å².